The molecular formula is C107H76N4O21P2. The molecule has 4 aliphatic heterocycles. The molecule has 25 nitrogen and oxygen atoms in total. The number of nitrogen functional groups attached to an aromatic ring is 2. The minimum Gasteiger partial charge on any atom is -0.457 e. The number of carbonyl (C=O) groups excluding carboxylic acids is 8. The van der Waals surface area contributed by atoms with Crippen molar-refractivity contribution < 1.29 is 100.0 Å². The van der Waals surface area contributed by atoms with E-state index < -0.39 is 61.8 Å². The molecule has 4 amide bonds. The van der Waals surface area contributed by atoms with Crippen LogP contribution in [0.1, 0.15) is 88.4 Å². The zero-order chi connectivity index (χ0) is 93.3. The fourth-order valence-corrected chi connectivity index (χ4v) is 20.7. The smallest absolute Gasteiger partial charge is 0.347 e. The molecule has 16 aromatic rings. The van der Waals surface area contributed by atoms with Crippen LogP contribution in [0.25, 0.3) is 0 Å². The molecule has 4 heterocycles. The summed E-state index contributed by atoms with van der Waals surface area (Å²) in [7, 11) is -4.92. The van der Waals surface area contributed by atoms with Gasteiger partial charge in [0, 0.05) is 77.1 Å². The summed E-state index contributed by atoms with van der Waals surface area (Å²) in [6, 6.07) is 107. The lowest BCUT2D eigenvalue weighted by Gasteiger charge is -2.23. The molecule has 0 radical (unpaired) electrons. The van der Waals surface area contributed by atoms with E-state index >= 15 is 9.13 Å². The zero-order valence-corrected chi connectivity index (χ0v) is 73.1. The third-order valence-corrected chi connectivity index (χ3v) is 27.6. The lowest BCUT2D eigenvalue weighted by atomic mass is 10.1. The number of anilines is 3. The first-order valence-electron chi connectivity index (χ1n) is 41.5. The summed E-state index contributed by atoms with van der Waals surface area (Å²) in [6.07, 6.45) is 0. The fourth-order valence-electron chi connectivity index (χ4n) is 15.2. The Hall–Kier alpha value is -17.5. The van der Waals surface area contributed by atoms with Crippen molar-refractivity contribution >= 4 is 111 Å². The molecule has 27 heteroatoms. The summed E-state index contributed by atoms with van der Waals surface area (Å²) in [5.41, 5.74) is 15.4. The highest BCUT2D eigenvalue weighted by atomic mass is 31.2. The number of nitrogens with two attached hydrogens (primary N) is 2. The number of imide groups is 2. The van der Waals surface area contributed by atoms with E-state index in [0.717, 1.165) is 22.5 Å². The van der Waals surface area contributed by atoms with Gasteiger partial charge in [-0.15, -0.1) is 0 Å². The summed E-state index contributed by atoms with van der Waals surface area (Å²) in [5, 5.41) is 9.72. The van der Waals surface area contributed by atoms with E-state index in [-0.39, 0.29) is 90.1 Å². The molecule has 0 fully saturated rings. The number of ether oxygens (including phenoxy) is 10. The van der Waals surface area contributed by atoms with Crippen molar-refractivity contribution in [2.75, 3.05) is 30.5 Å². The van der Waals surface area contributed by atoms with Gasteiger partial charge >= 0.3 is 23.9 Å². The fraction of sp³-hybridized carbons (Fsp3) is 0.0280. The first-order valence-corrected chi connectivity index (χ1v) is 44.9. The number of benzene rings is 16. The van der Waals surface area contributed by atoms with Crippen molar-refractivity contribution in [3.05, 3.63) is 426 Å². The van der Waals surface area contributed by atoms with E-state index in [1.54, 1.807) is 176 Å². The Morgan fingerprint density at radius 3 is 0.918 bits per heavy atom. The van der Waals surface area contributed by atoms with Gasteiger partial charge in [-0.25, -0.2) is 24.1 Å². The Morgan fingerprint density at radius 1 is 0.254 bits per heavy atom. The van der Waals surface area contributed by atoms with E-state index in [2.05, 4.69) is 4.74 Å². The van der Waals surface area contributed by atoms with Gasteiger partial charge in [0.25, 0.3) is 23.6 Å². The Kier molecular flexibility index (Phi) is 25.4. The number of aliphatic hydroxyl groups excluding tert-OH is 1. The van der Waals surface area contributed by atoms with Crippen molar-refractivity contribution in [3.8, 4) is 92.0 Å². The van der Waals surface area contributed by atoms with Gasteiger partial charge in [0.15, 0.2) is 14.3 Å². The Morgan fingerprint density at radius 2 is 0.530 bits per heavy atom. The van der Waals surface area contributed by atoms with Gasteiger partial charge in [-0.2, -0.15) is 0 Å². The molecule has 0 aromatic heterocycles. The van der Waals surface area contributed by atoms with Crippen molar-refractivity contribution in [1.29, 1.82) is 0 Å². The number of nitrogens with zero attached hydrogens (tertiary/aromatic N) is 2. The molecule has 0 unspecified atom stereocenters. The summed E-state index contributed by atoms with van der Waals surface area (Å²) < 4.78 is 89.6. The third kappa shape index (κ3) is 18.7. The summed E-state index contributed by atoms with van der Waals surface area (Å²) in [6.45, 7) is 1.99. The van der Waals surface area contributed by atoms with Crippen LogP contribution in [0.5, 0.6) is 92.0 Å². The number of rotatable bonds is 23. The van der Waals surface area contributed by atoms with Crippen LogP contribution in [-0.2, 0) is 18.6 Å². The van der Waals surface area contributed by atoms with E-state index in [1.807, 2.05) is 153 Å². The summed E-state index contributed by atoms with van der Waals surface area (Å²) in [4.78, 5) is 104. The minimum atomic E-state index is -3.72. The predicted octanol–water partition coefficient (Wildman–Crippen LogP) is 20.4. The van der Waals surface area contributed by atoms with E-state index in [4.69, 9.17) is 59.2 Å². The van der Waals surface area contributed by atoms with Gasteiger partial charge in [-0.3, -0.25) is 24.1 Å². The summed E-state index contributed by atoms with van der Waals surface area (Å²) >= 11 is 0. The first-order chi connectivity index (χ1) is 65.0. The number of carbonyl (C=O) groups is 8. The average Bonchev–Trinajstić information content (AvgIpc) is 1.33. The molecule has 0 saturated heterocycles. The quantitative estimate of drug-likeness (QED) is 0.0176. The highest BCUT2D eigenvalue weighted by Crippen LogP contribution is 2.50. The van der Waals surface area contributed by atoms with Crippen LogP contribution in [0.3, 0.4) is 0 Å². The number of aryl methyl sites for hydroxylation is 1. The number of hydrogen-bond donors (Lipinski definition) is 3. The summed E-state index contributed by atoms with van der Waals surface area (Å²) in [5.74, 6) is 1.93. The van der Waals surface area contributed by atoms with E-state index in [0.29, 0.717) is 95.3 Å². The van der Waals surface area contributed by atoms with Crippen molar-refractivity contribution in [2.45, 2.75) is 6.92 Å². The maximum absolute atomic E-state index is 15.9. The lowest BCUT2D eigenvalue weighted by Crippen LogP contribution is -2.29. The number of aliphatic hydroxyl groups is 1. The Labute approximate surface area is 766 Å². The maximum Gasteiger partial charge on any atom is 0.347 e. The van der Waals surface area contributed by atoms with E-state index in [1.165, 1.54) is 61.6 Å². The normalized spacial score (nSPS) is 12.7. The van der Waals surface area contributed by atoms with Crippen molar-refractivity contribution in [3.63, 3.8) is 0 Å². The number of cyclic esters (lactones) is 4. The van der Waals surface area contributed by atoms with E-state index in [9.17, 15) is 38.4 Å². The monoisotopic (exact) mass is 1810 g/mol. The number of esters is 4. The largest absolute Gasteiger partial charge is 0.457 e. The van der Waals surface area contributed by atoms with Crippen LogP contribution in [-0.4, -0.2) is 71.7 Å². The molecular weight excluding hydrogens is 1740 g/mol. The average molecular weight is 1820 g/mol. The molecule has 0 saturated carbocycles. The second-order valence-corrected chi connectivity index (χ2v) is 35.8. The minimum absolute atomic E-state index is 0.0666. The van der Waals surface area contributed by atoms with Gasteiger partial charge in [0.05, 0.1) is 60.8 Å². The first kappa shape index (κ1) is 88.5. The number of fused-ring (bicyclic) bond motifs is 4. The van der Waals surface area contributed by atoms with Gasteiger partial charge in [-0.1, -0.05) is 164 Å². The molecule has 134 heavy (non-hydrogen) atoms. The molecule has 0 spiro atoms. The number of amides is 4. The number of hydrogen-bond acceptors (Lipinski definition) is 23. The molecule has 660 valence electrons. The molecule has 4 aliphatic rings. The van der Waals surface area contributed by atoms with Gasteiger partial charge in [0.2, 0.25) is 0 Å². The molecule has 16 aromatic carbocycles. The van der Waals surface area contributed by atoms with Crippen LogP contribution in [0.4, 0.5) is 17.1 Å². The molecule has 0 aliphatic carbocycles. The maximum atomic E-state index is 15.9. The molecule has 0 bridgehead atoms. The standard InChI is InChI=1S/C54H37N2O9P.C34H19O9P.C18H16N2O2.CH4O/c1-34-12-9-14-36(28-34)62-38-16-11-17-39(30-38)63-37-15-10-13-35(29-37)56-53(59)46-26-23-41(32-48(46)54(56)60)65-49-27-24-42(64-40-22-25-45-47(31-40)52(58)55(2)51(45)57)33-50(49)66(61,43-18-5-3-6-19-43)44-20-7-4-8-21-44;35-31-25-14-11-20(17-27(25)33(37)42-31)40-22-13-16-29(41-21-12-15-26-28(18-21)34(38)43-32(26)36)30(19-22)44(39,23-7-3-1-4-8-23)24-9-5-2-6-10-24;19-13-4-1-6-15(10-13)21-17-8-3-9-18(12-17)22-16-7-2-5-14(20)11-16;1-2/h3-33H,1-2H3;1-19H;1-12H,19-20H2;2H,1H3. The van der Waals surface area contributed by atoms with Crippen LogP contribution in [0, 0.1) is 6.92 Å². The molecule has 0 atom stereocenters. The second-order valence-electron chi connectivity index (χ2n) is 30.3. The van der Waals surface area contributed by atoms with Crippen molar-refractivity contribution in [2.24, 2.45) is 0 Å². The van der Waals surface area contributed by atoms with Crippen LogP contribution < -0.4 is 86.1 Å². The Bertz CT molecular complexity index is 7300. The van der Waals surface area contributed by atoms with Gasteiger partial charge in [0.1, 0.15) is 92.0 Å². The SMILES string of the molecule is CO.Cc1cccc(Oc2cccc(Oc3cccc(N4C(=O)c5ccc(Oc6ccc(Oc7ccc8c(c7)C(=O)N(C)C8=O)cc6P(=O)(c6ccccc6)c6ccccc6)cc5C4=O)c3)c2)c1.Nc1cccc(Oc2cccc(Oc3cccc(N)c3)c2)c1.O=C1OC(=O)c2cc(Oc3ccc(Oc4ccc5c(c4)C(=O)OC5=O)c(P(=O)(c4ccccc4)c4ccccc4)c3)ccc21. The topological polar surface area (TPSA) is 342 Å². The van der Waals surface area contributed by atoms with Crippen LogP contribution in [0.2, 0.25) is 0 Å². The predicted molar refractivity (Wildman–Crippen MR) is 505 cm³/mol. The van der Waals surface area contributed by atoms with Crippen LogP contribution >= 0.6 is 14.3 Å². The van der Waals surface area contributed by atoms with Crippen molar-refractivity contribution in [1.82, 2.24) is 4.90 Å². The van der Waals surface area contributed by atoms with Gasteiger partial charge in [-0.05, 0) is 194 Å². The zero-order valence-electron chi connectivity index (χ0n) is 71.4. The second kappa shape index (κ2) is 38.4. The lowest BCUT2D eigenvalue weighted by molar-refractivity contribution is 0.0425. The molecule has 20 rings (SSSR count). The molecule has 5 N–H and O–H groups in total. The third-order valence-electron chi connectivity index (χ3n) is 21.4. The highest BCUT2D eigenvalue weighted by Gasteiger charge is 2.41. The highest BCUT2D eigenvalue weighted by molar-refractivity contribution is 7.86. The van der Waals surface area contributed by atoms with Crippen LogP contribution in [0.15, 0.2) is 376 Å². The Balaban J connectivity index is 0.000000157. The van der Waals surface area contributed by atoms with Gasteiger partial charge < -0.3 is 73.1 Å².